The largest absolute Gasteiger partial charge is 0.564 e. The third-order valence-corrected chi connectivity index (χ3v) is 10.6. The van der Waals surface area contributed by atoms with Crippen molar-refractivity contribution < 1.29 is 32.9 Å². The number of aromatic hydroxyl groups is 1. The molecule has 2 aliphatic heterocycles. The first-order chi connectivity index (χ1) is 22.4. The zero-order valence-electron chi connectivity index (χ0n) is 24.5. The number of methoxy groups -OCH3 is 1. The molecule has 0 saturated heterocycles. The Morgan fingerprint density at radius 2 is 1.63 bits per heavy atom. The molecule has 9 nitrogen and oxygen atoms in total. The Balaban J connectivity index is 1.41. The molecular formula is C34H28BrN2O7PS. The van der Waals surface area contributed by atoms with E-state index in [9.17, 15) is 9.67 Å². The lowest BCUT2D eigenvalue weighted by Gasteiger charge is -2.40. The third-order valence-electron chi connectivity index (χ3n) is 7.59. The Morgan fingerprint density at radius 3 is 2.26 bits per heavy atom. The highest BCUT2D eigenvalue weighted by atomic mass is 79.9. The van der Waals surface area contributed by atoms with Crippen LogP contribution in [-0.4, -0.2) is 29.7 Å². The van der Waals surface area contributed by atoms with Gasteiger partial charge in [0, 0.05) is 22.3 Å². The molecule has 1 atom stereocenters. The molecule has 5 aromatic rings. The quantitative estimate of drug-likeness (QED) is 0.151. The molecule has 3 heterocycles. The molecule has 234 valence electrons. The Bertz CT molecular complexity index is 1900. The van der Waals surface area contributed by atoms with E-state index in [1.807, 2.05) is 47.8 Å². The minimum absolute atomic E-state index is 0.00162. The van der Waals surface area contributed by atoms with Crippen LogP contribution < -0.4 is 23.3 Å². The Kier molecular flexibility index (Phi) is 8.38. The maximum absolute atomic E-state index is 14.7. The number of hydrogen-bond acceptors (Lipinski definition) is 8. The van der Waals surface area contributed by atoms with Crippen molar-refractivity contribution >= 4 is 40.8 Å². The number of phenolic OH excluding ortho intramolecular Hbond substituents is 1. The Hall–Kier alpha value is -4.44. The summed E-state index contributed by atoms with van der Waals surface area (Å²) in [6.45, 7) is 0.491. The van der Waals surface area contributed by atoms with Crippen molar-refractivity contribution in [2.75, 3.05) is 13.9 Å². The van der Waals surface area contributed by atoms with Crippen LogP contribution in [0.5, 0.6) is 34.5 Å². The van der Waals surface area contributed by atoms with Gasteiger partial charge < -0.3 is 33.3 Å². The van der Waals surface area contributed by atoms with Gasteiger partial charge in [0.15, 0.2) is 23.0 Å². The second-order valence-corrected chi connectivity index (χ2v) is 13.9. The molecule has 12 heteroatoms. The van der Waals surface area contributed by atoms with E-state index in [1.54, 1.807) is 65.9 Å². The van der Waals surface area contributed by atoms with E-state index in [1.165, 1.54) is 7.11 Å². The fourth-order valence-corrected chi connectivity index (χ4v) is 8.18. The minimum Gasteiger partial charge on any atom is -0.504 e. The molecular weight excluding hydrogens is 691 g/mol. The van der Waals surface area contributed by atoms with E-state index in [4.69, 9.17) is 28.0 Å². The van der Waals surface area contributed by atoms with Crippen LogP contribution in [0.15, 0.2) is 112 Å². The van der Waals surface area contributed by atoms with Gasteiger partial charge in [0.1, 0.15) is 17.3 Å². The smallest absolute Gasteiger partial charge is 0.504 e. The topological polar surface area (TPSA) is 99.1 Å². The maximum Gasteiger partial charge on any atom is 0.564 e. The molecule has 2 aliphatic rings. The summed E-state index contributed by atoms with van der Waals surface area (Å²) in [5.41, 5.74) is 2.63. The summed E-state index contributed by atoms with van der Waals surface area (Å²) in [7, 11) is -2.71. The SMILES string of the molecule is COc1cc2c(cc1O)C/C(=N/P(=O)(Oc1ccccc1)Oc1ccccc1)N(Cc1cc3c(cc1Br)OCO3)C2c1cccs1. The molecule has 7 rings (SSSR count). The number of nitrogens with zero attached hydrogens (tertiary/aromatic N) is 2. The Labute approximate surface area is 278 Å². The predicted molar refractivity (Wildman–Crippen MR) is 180 cm³/mol. The van der Waals surface area contributed by atoms with Crippen molar-refractivity contribution in [3.63, 3.8) is 0 Å². The van der Waals surface area contributed by atoms with Crippen LogP contribution >= 0.6 is 35.0 Å². The summed E-state index contributed by atoms with van der Waals surface area (Å²) in [5, 5.41) is 12.8. The summed E-state index contributed by atoms with van der Waals surface area (Å²) < 4.78 is 49.4. The normalized spacial score (nSPS) is 16.3. The maximum atomic E-state index is 14.7. The van der Waals surface area contributed by atoms with Crippen molar-refractivity contribution in [1.82, 2.24) is 4.90 Å². The molecule has 0 aliphatic carbocycles. The lowest BCUT2D eigenvalue weighted by Crippen LogP contribution is -2.40. The van der Waals surface area contributed by atoms with Gasteiger partial charge in [-0.1, -0.05) is 58.4 Å². The number of hydrogen-bond donors (Lipinski definition) is 1. The highest BCUT2D eigenvalue weighted by Crippen LogP contribution is 2.52. The van der Waals surface area contributed by atoms with E-state index in [0.29, 0.717) is 41.1 Å². The second kappa shape index (κ2) is 12.7. The third kappa shape index (κ3) is 6.18. The first-order valence-corrected chi connectivity index (χ1v) is 17.5. The second-order valence-electron chi connectivity index (χ2n) is 10.5. The van der Waals surface area contributed by atoms with E-state index in [2.05, 4.69) is 20.8 Å². The van der Waals surface area contributed by atoms with Gasteiger partial charge in [-0.05, 0) is 76.7 Å². The van der Waals surface area contributed by atoms with E-state index in [-0.39, 0.29) is 25.0 Å². The number of rotatable bonds is 9. The highest BCUT2D eigenvalue weighted by Gasteiger charge is 2.38. The molecule has 46 heavy (non-hydrogen) atoms. The fraction of sp³-hybridized carbons (Fsp3) is 0.147. The molecule has 0 saturated carbocycles. The number of amidine groups is 1. The average molecular weight is 720 g/mol. The van der Waals surface area contributed by atoms with E-state index in [0.717, 1.165) is 26.0 Å². The van der Waals surface area contributed by atoms with Gasteiger partial charge in [0.05, 0.1) is 13.2 Å². The number of fused-ring (bicyclic) bond motifs is 2. The molecule has 1 unspecified atom stereocenters. The highest BCUT2D eigenvalue weighted by molar-refractivity contribution is 9.10. The predicted octanol–water partition coefficient (Wildman–Crippen LogP) is 8.77. The zero-order chi connectivity index (χ0) is 31.7. The molecule has 0 spiro atoms. The van der Waals surface area contributed by atoms with Crippen LogP contribution in [0.4, 0.5) is 0 Å². The molecule has 0 bridgehead atoms. The number of ether oxygens (including phenoxy) is 3. The van der Waals surface area contributed by atoms with Crippen LogP contribution in [0.2, 0.25) is 0 Å². The molecule has 0 radical (unpaired) electrons. The number of benzene rings is 4. The van der Waals surface area contributed by atoms with Crippen molar-refractivity contribution in [2.24, 2.45) is 4.76 Å². The van der Waals surface area contributed by atoms with E-state index < -0.39 is 7.75 Å². The summed E-state index contributed by atoms with van der Waals surface area (Å²) in [5.74, 6) is 2.81. The summed E-state index contributed by atoms with van der Waals surface area (Å²) in [4.78, 5) is 3.10. The van der Waals surface area contributed by atoms with Crippen molar-refractivity contribution in [1.29, 1.82) is 0 Å². The summed E-state index contributed by atoms with van der Waals surface area (Å²) >= 11 is 5.31. The lowest BCUT2D eigenvalue weighted by atomic mass is 9.89. The fourth-order valence-electron chi connectivity index (χ4n) is 5.51. The first kappa shape index (κ1) is 30.2. The molecule has 0 fully saturated rings. The number of halogens is 1. The Morgan fingerprint density at radius 1 is 0.957 bits per heavy atom. The van der Waals surface area contributed by atoms with E-state index >= 15 is 0 Å². The molecule has 1 N–H and O–H groups in total. The average Bonchev–Trinajstić information content (AvgIpc) is 3.74. The van der Waals surface area contributed by atoms with Crippen LogP contribution in [0, 0.1) is 0 Å². The molecule has 4 aromatic carbocycles. The van der Waals surface area contributed by atoms with Crippen molar-refractivity contribution in [3.05, 3.63) is 128 Å². The number of phenols is 1. The first-order valence-electron chi connectivity index (χ1n) is 14.4. The van der Waals surface area contributed by atoms with Crippen molar-refractivity contribution in [2.45, 2.75) is 19.0 Å². The molecule has 1 aromatic heterocycles. The number of thiophene rings is 1. The zero-order valence-corrected chi connectivity index (χ0v) is 27.8. The van der Waals surface area contributed by atoms with Gasteiger partial charge in [0.25, 0.3) is 0 Å². The van der Waals surface area contributed by atoms with Gasteiger partial charge in [-0.3, -0.25) is 0 Å². The van der Waals surface area contributed by atoms with Crippen LogP contribution in [-0.2, 0) is 17.5 Å². The lowest BCUT2D eigenvalue weighted by molar-refractivity contribution is 0.174. The summed E-state index contributed by atoms with van der Waals surface area (Å²) in [6, 6.07) is 28.7. The van der Waals surface area contributed by atoms with Gasteiger partial charge in [-0.25, -0.2) is 4.57 Å². The van der Waals surface area contributed by atoms with Gasteiger partial charge >= 0.3 is 7.75 Å². The van der Waals surface area contributed by atoms with Crippen molar-refractivity contribution in [3.8, 4) is 34.5 Å². The van der Waals surface area contributed by atoms with Gasteiger partial charge in [-0.2, -0.15) is 0 Å². The van der Waals surface area contributed by atoms with Gasteiger partial charge in [0.2, 0.25) is 6.79 Å². The van der Waals surface area contributed by atoms with Crippen LogP contribution in [0.1, 0.15) is 27.6 Å². The number of para-hydroxylation sites is 2. The van der Waals surface area contributed by atoms with Crippen LogP contribution in [0.25, 0.3) is 0 Å². The van der Waals surface area contributed by atoms with Crippen LogP contribution in [0.3, 0.4) is 0 Å². The molecule has 0 amide bonds. The minimum atomic E-state index is -4.24. The standard InChI is InChI=1S/C34H28BrN2O7PS/c1-40-29-18-26-22(15-28(29)38)17-33(36-45(39,43-24-9-4-2-5-10-24)44-25-11-6-3-7-12-25)37(34(26)32-13-8-14-46-32)20-23-16-30-31(19-27(23)35)42-21-41-30/h2-16,18-19,34,38H,17,20-21H2,1H3/b36-33-. The monoisotopic (exact) mass is 718 g/mol. The van der Waals surface area contributed by atoms with Gasteiger partial charge in [-0.15, -0.1) is 16.1 Å². The summed E-state index contributed by atoms with van der Waals surface area (Å²) in [6.07, 6.45) is 0.233.